The topological polar surface area (TPSA) is 68.0 Å². The lowest BCUT2D eigenvalue weighted by Crippen LogP contribution is -2.24. The van der Waals surface area contributed by atoms with Crippen molar-refractivity contribution in [3.05, 3.63) is 64.5 Å². The monoisotopic (exact) mass is 269 g/mol. The molecule has 0 radical (unpaired) electrons. The summed E-state index contributed by atoms with van der Waals surface area (Å²) in [6.07, 6.45) is 0. The fourth-order valence-corrected chi connectivity index (χ4v) is 2.07. The normalized spacial score (nSPS) is 10.3. The molecule has 20 heavy (non-hydrogen) atoms. The zero-order valence-electron chi connectivity index (χ0n) is 11.8. The number of hydrogen-bond donors (Lipinski definition) is 2. The molecule has 0 saturated heterocycles. The SMILES string of the molecule is Cc1ccc(C(=O)NCc2cccc(CN)c2)c(C)n1. The van der Waals surface area contributed by atoms with Gasteiger partial charge in [-0.05, 0) is 37.1 Å². The van der Waals surface area contributed by atoms with Gasteiger partial charge >= 0.3 is 0 Å². The predicted octanol–water partition coefficient (Wildman–Crippen LogP) is 2.09. The Balaban J connectivity index is 2.04. The fraction of sp³-hybridized carbons (Fsp3) is 0.250. The van der Waals surface area contributed by atoms with E-state index in [2.05, 4.69) is 10.3 Å². The molecule has 0 bridgehead atoms. The van der Waals surface area contributed by atoms with Crippen LogP contribution in [0.25, 0.3) is 0 Å². The van der Waals surface area contributed by atoms with Gasteiger partial charge in [-0.3, -0.25) is 9.78 Å². The Bertz CT molecular complexity index is 623. The fourth-order valence-electron chi connectivity index (χ4n) is 2.07. The van der Waals surface area contributed by atoms with Crippen molar-refractivity contribution >= 4 is 5.91 Å². The van der Waals surface area contributed by atoms with E-state index in [0.717, 1.165) is 22.5 Å². The van der Waals surface area contributed by atoms with Crippen molar-refractivity contribution < 1.29 is 4.79 Å². The number of carbonyl (C=O) groups excluding carboxylic acids is 1. The first-order chi connectivity index (χ1) is 9.60. The van der Waals surface area contributed by atoms with Gasteiger partial charge in [0.15, 0.2) is 0 Å². The number of hydrogen-bond acceptors (Lipinski definition) is 3. The molecule has 1 aromatic carbocycles. The van der Waals surface area contributed by atoms with Crippen molar-refractivity contribution in [3.8, 4) is 0 Å². The molecule has 1 heterocycles. The molecule has 0 spiro atoms. The lowest BCUT2D eigenvalue weighted by atomic mass is 10.1. The Morgan fingerprint density at radius 3 is 2.65 bits per heavy atom. The summed E-state index contributed by atoms with van der Waals surface area (Å²) >= 11 is 0. The lowest BCUT2D eigenvalue weighted by Gasteiger charge is -2.08. The average molecular weight is 269 g/mol. The highest BCUT2D eigenvalue weighted by Crippen LogP contribution is 2.08. The van der Waals surface area contributed by atoms with Gasteiger partial charge in [0.2, 0.25) is 0 Å². The third kappa shape index (κ3) is 3.42. The Kier molecular flexibility index (Phi) is 4.48. The Hall–Kier alpha value is -2.20. The molecule has 2 aromatic rings. The van der Waals surface area contributed by atoms with Crippen LogP contribution in [0.5, 0.6) is 0 Å². The number of benzene rings is 1. The highest BCUT2D eigenvalue weighted by atomic mass is 16.1. The predicted molar refractivity (Wildman–Crippen MR) is 79.2 cm³/mol. The van der Waals surface area contributed by atoms with E-state index in [4.69, 9.17) is 5.73 Å². The quantitative estimate of drug-likeness (QED) is 0.893. The summed E-state index contributed by atoms with van der Waals surface area (Å²) in [6, 6.07) is 11.5. The second-order valence-electron chi connectivity index (χ2n) is 4.79. The lowest BCUT2D eigenvalue weighted by molar-refractivity contribution is 0.0950. The van der Waals surface area contributed by atoms with Crippen LogP contribution in [-0.4, -0.2) is 10.9 Å². The van der Waals surface area contributed by atoms with Crippen molar-refractivity contribution in [3.63, 3.8) is 0 Å². The summed E-state index contributed by atoms with van der Waals surface area (Å²) in [5, 5.41) is 2.91. The van der Waals surface area contributed by atoms with Crippen LogP contribution < -0.4 is 11.1 Å². The van der Waals surface area contributed by atoms with Crippen molar-refractivity contribution in [2.24, 2.45) is 5.73 Å². The third-order valence-corrected chi connectivity index (χ3v) is 3.15. The van der Waals surface area contributed by atoms with E-state index in [1.54, 1.807) is 0 Å². The molecule has 0 aliphatic rings. The molecule has 0 fully saturated rings. The van der Waals surface area contributed by atoms with Crippen LogP contribution in [0.4, 0.5) is 0 Å². The first-order valence-electron chi connectivity index (χ1n) is 6.60. The zero-order chi connectivity index (χ0) is 14.5. The summed E-state index contributed by atoms with van der Waals surface area (Å²) in [5.41, 5.74) is 9.98. The van der Waals surface area contributed by atoms with Crippen molar-refractivity contribution in [2.75, 3.05) is 0 Å². The Morgan fingerprint density at radius 2 is 1.95 bits per heavy atom. The minimum atomic E-state index is -0.104. The molecule has 1 aromatic heterocycles. The number of pyridine rings is 1. The number of nitrogens with two attached hydrogens (primary N) is 1. The van der Waals surface area contributed by atoms with Crippen LogP contribution >= 0.6 is 0 Å². The molecular weight excluding hydrogens is 250 g/mol. The molecule has 4 nitrogen and oxygen atoms in total. The van der Waals surface area contributed by atoms with Gasteiger partial charge in [-0.25, -0.2) is 0 Å². The van der Waals surface area contributed by atoms with Gasteiger partial charge < -0.3 is 11.1 Å². The maximum absolute atomic E-state index is 12.1. The molecule has 0 unspecified atom stereocenters. The number of aromatic nitrogens is 1. The van der Waals surface area contributed by atoms with Gasteiger partial charge in [-0.15, -0.1) is 0 Å². The summed E-state index contributed by atoms with van der Waals surface area (Å²) in [4.78, 5) is 16.4. The van der Waals surface area contributed by atoms with Crippen molar-refractivity contribution in [1.29, 1.82) is 0 Å². The van der Waals surface area contributed by atoms with Crippen LogP contribution in [0, 0.1) is 13.8 Å². The minimum absolute atomic E-state index is 0.104. The largest absolute Gasteiger partial charge is 0.348 e. The minimum Gasteiger partial charge on any atom is -0.348 e. The van der Waals surface area contributed by atoms with Crippen LogP contribution in [0.1, 0.15) is 32.9 Å². The summed E-state index contributed by atoms with van der Waals surface area (Å²) in [5.74, 6) is -0.104. The van der Waals surface area contributed by atoms with E-state index in [0.29, 0.717) is 18.7 Å². The molecule has 1 amide bonds. The van der Waals surface area contributed by atoms with Crippen LogP contribution in [0.2, 0.25) is 0 Å². The zero-order valence-corrected chi connectivity index (χ0v) is 11.8. The van der Waals surface area contributed by atoms with E-state index in [9.17, 15) is 4.79 Å². The molecule has 0 saturated carbocycles. The molecule has 0 aliphatic carbocycles. The number of carbonyl (C=O) groups is 1. The second kappa shape index (κ2) is 6.30. The van der Waals surface area contributed by atoms with Crippen molar-refractivity contribution in [1.82, 2.24) is 10.3 Å². The van der Waals surface area contributed by atoms with Gasteiger partial charge in [0.05, 0.1) is 11.3 Å². The standard InChI is InChI=1S/C16H19N3O/c1-11-6-7-15(12(2)19-11)16(20)18-10-14-5-3-4-13(8-14)9-17/h3-8H,9-10,17H2,1-2H3,(H,18,20). The van der Waals surface area contributed by atoms with Gasteiger partial charge in [-0.1, -0.05) is 24.3 Å². The summed E-state index contributed by atoms with van der Waals surface area (Å²) in [6.45, 7) is 4.74. The van der Waals surface area contributed by atoms with Gasteiger partial charge in [0.25, 0.3) is 5.91 Å². The first kappa shape index (κ1) is 14.2. The van der Waals surface area contributed by atoms with E-state index < -0.39 is 0 Å². The summed E-state index contributed by atoms with van der Waals surface area (Å²) < 4.78 is 0. The average Bonchev–Trinajstić information content (AvgIpc) is 2.45. The number of rotatable bonds is 4. The molecular formula is C16H19N3O. The number of nitrogens with one attached hydrogen (secondary N) is 1. The number of nitrogens with zero attached hydrogens (tertiary/aromatic N) is 1. The number of aryl methyl sites for hydroxylation is 2. The second-order valence-corrected chi connectivity index (χ2v) is 4.79. The summed E-state index contributed by atoms with van der Waals surface area (Å²) in [7, 11) is 0. The molecule has 104 valence electrons. The van der Waals surface area contributed by atoms with E-state index in [-0.39, 0.29) is 5.91 Å². The van der Waals surface area contributed by atoms with Crippen LogP contribution in [-0.2, 0) is 13.1 Å². The first-order valence-corrected chi connectivity index (χ1v) is 6.60. The maximum atomic E-state index is 12.1. The van der Waals surface area contributed by atoms with E-state index in [1.165, 1.54) is 0 Å². The van der Waals surface area contributed by atoms with Crippen LogP contribution in [0.15, 0.2) is 36.4 Å². The Morgan fingerprint density at radius 1 is 1.20 bits per heavy atom. The molecule has 0 aliphatic heterocycles. The maximum Gasteiger partial charge on any atom is 0.253 e. The molecule has 3 N–H and O–H groups in total. The van der Waals surface area contributed by atoms with Gasteiger partial charge in [0, 0.05) is 18.8 Å². The molecule has 2 rings (SSSR count). The number of amides is 1. The third-order valence-electron chi connectivity index (χ3n) is 3.15. The van der Waals surface area contributed by atoms with Gasteiger partial charge in [0.1, 0.15) is 0 Å². The smallest absolute Gasteiger partial charge is 0.253 e. The van der Waals surface area contributed by atoms with E-state index >= 15 is 0 Å². The highest BCUT2D eigenvalue weighted by molar-refractivity contribution is 5.95. The van der Waals surface area contributed by atoms with Gasteiger partial charge in [-0.2, -0.15) is 0 Å². The Labute approximate surface area is 119 Å². The molecule has 4 heteroatoms. The molecule has 0 atom stereocenters. The highest BCUT2D eigenvalue weighted by Gasteiger charge is 2.09. The van der Waals surface area contributed by atoms with Crippen LogP contribution in [0.3, 0.4) is 0 Å². The van der Waals surface area contributed by atoms with Crippen molar-refractivity contribution in [2.45, 2.75) is 26.9 Å². The van der Waals surface area contributed by atoms with E-state index in [1.807, 2.05) is 50.2 Å².